The van der Waals surface area contributed by atoms with Crippen LogP contribution in [0.3, 0.4) is 0 Å². The van der Waals surface area contributed by atoms with Gasteiger partial charge in [0.1, 0.15) is 11.0 Å². The summed E-state index contributed by atoms with van der Waals surface area (Å²) in [7, 11) is 0. The van der Waals surface area contributed by atoms with Crippen molar-refractivity contribution in [2.75, 3.05) is 11.5 Å². The Morgan fingerprint density at radius 2 is 1.80 bits per heavy atom. The summed E-state index contributed by atoms with van der Waals surface area (Å²) in [4.78, 5) is 27.8. The van der Waals surface area contributed by atoms with Gasteiger partial charge in [0.15, 0.2) is 0 Å². The fourth-order valence-electron chi connectivity index (χ4n) is 3.92. The van der Waals surface area contributed by atoms with Crippen LogP contribution in [0.15, 0.2) is 63.6 Å². The highest BCUT2D eigenvalue weighted by atomic mass is 79.9. The number of halogens is 1. The number of amides is 2. The zero-order valence-corrected chi connectivity index (χ0v) is 18.4. The van der Waals surface area contributed by atoms with Gasteiger partial charge in [-0.15, -0.1) is 0 Å². The van der Waals surface area contributed by atoms with Crippen molar-refractivity contribution in [1.82, 2.24) is 0 Å². The molecule has 8 heteroatoms. The summed E-state index contributed by atoms with van der Waals surface area (Å²) in [5, 5.41) is 9.39. The van der Waals surface area contributed by atoms with Gasteiger partial charge < -0.3 is 10.5 Å². The molecule has 2 aliphatic heterocycles. The lowest BCUT2D eigenvalue weighted by Crippen LogP contribution is -2.33. The van der Waals surface area contributed by atoms with E-state index in [0.717, 1.165) is 21.8 Å². The third-order valence-electron chi connectivity index (χ3n) is 5.24. The van der Waals surface area contributed by atoms with Crippen molar-refractivity contribution in [3.05, 3.63) is 69.2 Å². The van der Waals surface area contributed by atoms with Crippen molar-refractivity contribution in [1.29, 1.82) is 5.26 Å². The molecule has 0 unspecified atom stereocenters. The molecule has 0 aliphatic carbocycles. The predicted molar refractivity (Wildman–Crippen MR) is 119 cm³/mol. The summed E-state index contributed by atoms with van der Waals surface area (Å²) >= 11 is 4.47. The number of allylic oxidation sites excluding steroid dienone is 1. The molecule has 0 spiro atoms. The molecule has 152 valence electrons. The lowest BCUT2D eigenvalue weighted by Gasteiger charge is -2.30. The number of hydrogen-bond donors (Lipinski definition) is 1. The van der Waals surface area contributed by atoms with E-state index < -0.39 is 17.1 Å². The first-order valence-corrected chi connectivity index (χ1v) is 11.1. The smallest absolute Gasteiger partial charge is 0.248 e. The van der Waals surface area contributed by atoms with Gasteiger partial charge in [-0.25, -0.2) is 4.90 Å². The molecule has 2 N–H and O–H groups in total. The molecule has 2 aromatic carbocycles. The van der Waals surface area contributed by atoms with Gasteiger partial charge in [0, 0.05) is 10.4 Å². The zero-order valence-electron chi connectivity index (χ0n) is 16.0. The van der Waals surface area contributed by atoms with E-state index in [4.69, 9.17) is 10.5 Å². The van der Waals surface area contributed by atoms with Gasteiger partial charge in [-0.1, -0.05) is 39.8 Å². The molecular weight excluding hydrogens is 466 g/mol. The molecule has 4 rings (SSSR count). The summed E-state index contributed by atoms with van der Waals surface area (Å²) in [6.45, 7) is 2.43. The molecule has 0 aromatic heterocycles. The second-order valence-electron chi connectivity index (χ2n) is 6.92. The van der Waals surface area contributed by atoms with Crippen LogP contribution in [0.5, 0.6) is 5.75 Å². The second-order valence-corrected chi connectivity index (χ2v) is 9.02. The molecule has 3 atom stereocenters. The lowest BCUT2D eigenvalue weighted by molar-refractivity contribution is -0.122. The quantitative estimate of drug-likeness (QED) is 0.661. The third kappa shape index (κ3) is 3.38. The minimum absolute atomic E-state index is 0.288. The van der Waals surface area contributed by atoms with E-state index in [1.807, 2.05) is 19.1 Å². The SMILES string of the molecule is CCOc1ccc([C@@H]2C(C#N)=C(N)S[C@@H]3C(=O)N(c4ccc(Br)cc4)C(=O)[C@@H]32)cc1. The van der Waals surface area contributed by atoms with E-state index in [1.165, 1.54) is 4.90 Å². The molecular formula is C22H18BrN3O3S. The van der Waals surface area contributed by atoms with Crippen LogP contribution >= 0.6 is 27.7 Å². The highest BCUT2D eigenvalue weighted by Gasteiger charge is 2.56. The molecule has 30 heavy (non-hydrogen) atoms. The largest absolute Gasteiger partial charge is 0.494 e. The topological polar surface area (TPSA) is 96.4 Å². The van der Waals surface area contributed by atoms with E-state index in [9.17, 15) is 14.9 Å². The van der Waals surface area contributed by atoms with E-state index in [-0.39, 0.29) is 16.8 Å². The van der Waals surface area contributed by atoms with E-state index >= 15 is 0 Å². The number of carbonyl (C=O) groups excluding carboxylic acids is 2. The summed E-state index contributed by atoms with van der Waals surface area (Å²) in [6, 6.07) is 16.4. The molecule has 2 amide bonds. The van der Waals surface area contributed by atoms with E-state index in [1.54, 1.807) is 36.4 Å². The Hall–Kier alpha value is -2.76. The Morgan fingerprint density at radius 1 is 1.13 bits per heavy atom. The monoisotopic (exact) mass is 483 g/mol. The first-order chi connectivity index (χ1) is 14.5. The maximum Gasteiger partial charge on any atom is 0.248 e. The first-order valence-electron chi connectivity index (χ1n) is 9.38. The van der Waals surface area contributed by atoms with Crippen molar-refractivity contribution in [2.45, 2.75) is 18.1 Å². The first kappa shape index (κ1) is 20.5. The number of imide groups is 1. The molecule has 1 fully saturated rings. The van der Waals surface area contributed by atoms with Gasteiger partial charge in [-0.3, -0.25) is 9.59 Å². The Kier molecular flexibility index (Phi) is 5.58. The highest BCUT2D eigenvalue weighted by Crippen LogP contribution is 2.50. The number of thioether (sulfide) groups is 1. The molecule has 0 bridgehead atoms. The number of hydrogen-bond acceptors (Lipinski definition) is 6. The summed E-state index contributed by atoms with van der Waals surface area (Å²) < 4.78 is 6.34. The van der Waals surface area contributed by atoms with Gasteiger partial charge in [-0.2, -0.15) is 5.26 Å². The summed E-state index contributed by atoms with van der Waals surface area (Å²) in [6.07, 6.45) is 0. The average Bonchev–Trinajstić information content (AvgIpc) is 2.98. The van der Waals surface area contributed by atoms with Crippen LogP contribution in [-0.2, 0) is 9.59 Å². The zero-order chi connectivity index (χ0) is 21.4. The van der Waals surface area contributed by atoms with Gasteiger partial charge in [0.2, 0.25) is 11.8 Å². The van der Waals surface area contributed by atoms with E-state index in [0.29, 0.717) is 23.6 Å². The van der Waals surface area contributed by atoms with Gasteiger partial charge in [-0.05, 0) is 48.9 Å². The number of carbonyl (C=O) groups is 2. The van der Waals surface area contributed by atoms with Crippen LogP contribution in [0, 0.1) is 17.2 Å². The molecule has 2 aromatic rings. The molecule has 0 saturated carbocycles. The minimum atomic E-state index is -0.703. The highest BCUT2D eigenvalue weighted by molar-refractivity contribution is 9.10. The number of benzene rings is 2. The average molecular weight is 484 g/mol. The van der Waals surface area contributed by atoms with Crippen molar-refractivity contribution < 1.29 is 14.3 Å². The van der Waals surface area contributed by atoms with Crippen molar-refractivity contribution >= 4 is 45.2 Å². The third-order valence-corrected chi connectivity index (χ3v) is 6.99. The van der Waals surface area contributed by atoms with Crippen LogP contribution in [0.4, 0.5) is 5.69 Å². The molecule has 1 saturated heterocycles. The number of fused-ring (bicyclic) bond motifs is 1. The second kappa shape index (κ2) is 8.17. The van der Waals surface area contributed by atoms with Crippen LogP contribution in [0.2, 0.25) is 0 Å². The fourth-order valence-corrected chi connectivity index (χ4v) is 5.39. The Balaban J connectivity index is 1.77. The number of nitriles is 1. The number of nitrogens with zero attached hydrogens (tertiary/aromatic N) is 2. The Bertz CT molecular complexity index is 1080. The van der Waals surface area contributed by atoms with Crippen LogP contribution in [0.25, 0.3) is 0 Å². The standard InChI is InChI=1S/C22H18BrN3O3S/c1-2-29-15-9-3-12(4-10-15)17-16(11-24)20(25)30-19-18(17)21(27)26(22(19)28)14-7-5-13(23)6-8-14/h3-10,17-19H,2,25H2,1H3/t17-,18-,19+/m1/s1. The molecule has 0 radical (unpaired) electrons. The Morgan fingerprint density at radius 3 is 2.40 bits per heavy atom. The number of rotatable bonds is 4. The van der Waals surface area contributed by atoms with Crippen molar-refractivity contribution in [3.63, 3.8) is 0 Å². The summed E-state index contributed by atoms with van der Waals surface area (Å²) in [5.74, 6) is -1.23. The van der Waals surface area contributed by atoms with Crippen LogP contribution in [-0.4, -0.2) is 23.7 Å². The number of nitrogens with two attached hydrogens (primary N) is 1. The predicted octanol–water partition coefficient (Wildman–Crippen LogP) is 3.93. The number of anilines is 1. The number of ether oxygens (including phenoxy) is 1. The summed E-state index contributed by atoms with van der Waals surface area (Å²) in [5.41, 5.74) is 7.75. The normalized spacial score (nSPS) is 23.4. The molecule has 2 aliphatic rings. The fraction of sp³-hybridized carbons (Fsp3) is 0.227. The molecule has 6 nitrogen and oxygen atoms in total. The maximum atomic E-state index is 13.4. The van der Waals surface area contributed by atoms with E-state index in [2.05, 4.69) is 22.0 Å². The van der Waals surface area contributed by atoms with Crippen LogP contribution in [0.1, 0.15) is 18.4 Å². The van der Waals surface area contributed by atoms with Gasteiger partial charge in [0.25, 0.3) is 0 Å². The van der Waals surface area contributed by atoms with Crippen LogP contribution < -0.4 is 15.4 Å². The molecule has 2 heterocycles. The lowest BCUT2D eigenvalue weighted by atomic mass is 9.79. The van der Waals surface area contributed by atoms with Crippen molar-refractivity contribution in [2.24, 2.45) is 11.7 Å². The van der Waals surface area contributed by atoms with Crippen molar-refractivity contribution in [3.8, 4) is 11.8 Å². The van der Waals surface area contributed by atoms with Gasteiger partial charge in [0.05, 0.1) is 34.9 Å². The maximum absolute atomic E-state index is 13.4. The van der Waals surface area contributed by atoms with Gasteiger partial charge >= 0.3 is 0 Å². The Labute approximate surface area is 186 Å². The minimum Gasteiger partial charge on any atom is -0.494 e.